The Balaban J connectivity index is 2.64. The predicted molar refractivity (Wildman–Crippen MR) is 72.7 cm³/mol. The molecule has 104 valence electrons. The molecule has 1 N–H and O–H groups in total. The molecule has 1 aromatic carbocycles. The number of esters is 1. The maximum atomic E-state index is 12.0. The molecule has 20 heavy (non-hydrogen) atoms. The van der Waals surface area contributed by atoms with Gasteiger partial charge in [-0.25, -0.2) is 4.79 Å². The zero-order chi connectivity index (χ0) is 14.7. The number of ether oxygens (including phenoxy) is 1. The zero-order valence-corrected chi connectivity index (χ0v) is 11.1. The summed E-state index contributed by atoms with van der Waals surface area (Å²) < 4.78 is 10.2. The lowest BCUT2D eigenvalue weighted by Crippen LogP contribution is -2.12. The van der Waals surface area contributed by atoms with Gasteiger partial charge in [-0.2, -0.15) is 0 Å². The minimum absolute atomic E-state index is 0.151. The van der Waals surface area contributed by atoms with Crippen LogP contribution in [0.3, 0.4) is 0 Å². The summed E-state index contributed by atoms with van der Waals surface area (Å²) in [6.45, 7) is 3.17. The maximum Gasteiger partial charge on any atom is 0.374 e. The lowest BCUT2D eigenvalue weighted by atomic mass is 10.2. The highest BCUT2D eigenvalue weighted by Gasteiger charge is 2.15. The fourth-order valence-corrected chi connectivity index (χ4v) is 1.77. The molecule has 6 nitrogen and oxygen atoms in total. The molecular formula is C14H13NO5. The average Bonchev–Trinajstić information content (AvgIpc) is 2.39. The van der Waals surface area contributed by atoms with Crippen molar-refractivity contribution in [1.29, 1.82) is 0 Å². The maximum absolute atomic E-state index is 12.0. The molecule has 0 unspecified atom stereocenters. The highest BCUT2D eigenvalue weighted by atomic mass is 16.5. The van der Waals surface area contributed by atoms with Gasteiger partial charge in [0.25, 0.3) is 0 Å². The summed E-state index contributed by atoms with van der Waals surface area (Å²) in [5.41, 5.74) is 0.109. The SMILES string of the molecule is CCOC(=O)c1cc(=O)c2cccc(NC(C)=O)c2o1. The minimum atomic E-state index is -0.718. The van der Waals surface area contributed by atoms with Crippen LogP contribution in [0, 0.1) is 0 Å². The van der Waals surface area contributed by atoms with Gasteiger partial charge in [0.05, 0.1) is 17.7 Å². The van der Waals surface area contributed by atoms with Crippen molar-refractivity contribution < 1.29 is 18.7 Å². The molecule has 0 atom stereocenters. The molecule has 1 heterocycles. The third-order valence-corrected chi connectivity index (χ3v) is 2.54. The van der Waals surface area contributed by atoms with Crippen molar-refractivity contribution in [3.8, 4) is 0 Å². The third-order valence-electron chi connectivity index (χ3n) is 2.54. The highest BCUT2D eigenvalue weighted by Crippen LogP contribution is 2.22. The van der Waals surface area contributed by atoms with Crippen LogP contribution in [0.25, 0.3) is 11.0 Å². The number of nitrogens with one attached hydrogen (secondary N) is 1. The Morgan fingerprint density at radius 3 is 2.75 bits per heavy atom. The summed E-state index contributed by atoms with van der Waals surface area (Å²) in [4.78, 5) is 34.7. The number of anilines is 1. The van der Waals surface area contributed by atoms with E-state index in [1.54, 1.807) is 25.1 Å². The number of hydrogen-bond acceptors (Lipinski definition) is 5. The summed E-state index contributed by atoms with van der Waals surface area (Å²) in [6, 6.07) is 5.84. The smallest absolute Gasteiger partial charge is 0.374 e. The van der Waals surface area contributed by atoms with Crippen molar-refractivity contribution in [1.82, 2.24) is 0 Å². The van der Waals surface area contributed by atoms with Crippen molar-refractivity contribution in [2.75, 3.05) is 11.9 Å². The molecule has 2 rings (SSSR count). The van der Waals surface area contributed by atoms with Crippen LogP contribution in [0.5, 0.6) is 0 Å². The summed E-state index contributed by atoms with van der Waals surface area (Å²) in [5.74, 6) is -1.21. The average molecular weight is 275 g/mol. The van der Waals surface area contributed by atoms with Gasteiger partial charge in [-0.15, -0.1) is 0 Å². The van der Waals surface area contributed by atoms with Crippen molar-refractivity contribution in [3.63, 3.8) is 0 Å². The molecule has 6 heteroatoms. The van der Waals surface area contributed by atoms with Crippen molar-refractivity contribution in [2.24, 2.45) is 0 Å². The fourth-order valence-electron chi connectivity index (χ4n) is 1.77. The Labute approximate surface area is 114 Å². The Morgan fingerprint density at radius 2 is 2.10 bits per heavy atom. The first kappa shape index (κ1) is 13.8. The van der Waals surface area contributed by atoms with Gasteiger partial charge in [0.1, 0.15) is 0 Å². The van der Waals surface area contributed by atoms with E-state index in [-0.39, 0.29) is 34.7 Å². The number of hydrogen-bond donors (Lipinski definition) is 1. The Hall–Kier alpha value is -2.63. The summed E-state index contributed by atoms with van der Waals surface area (Å²) in [5, 5.41) is 2.83. The van der Waals surface area contributed by atoms with Crippen LogP contribution in [-0.4, -0.2) is 18.5 Å². The van der Waals surface area contributed by atoms with Crippen molar-refractivity contribution >= 4 is 28.5 Å². The summed E-state index contributed by atoms with van der Waals surface area (Å²) in [7, 11) is 0. The predicted octanol–water partition coefficient (Wildman–Crippen LogP) is 1.93. The normalized spacial score (nSPS) is 10.3. The van der Waals surface area contributed by atoms with Gasteiger partial charge in [-0.1, -0.05) is 6.07 Å². The van der Waals surface area contributed by atoms with E-state index in [0.717, 1.165) is 6.07 Å². The molecule has 1 amide bonds. The number of amides is 1. The van der Waals surface area contributed by atoms with Gasteiger partial charge in [0.15, 0.2) is 11.0 Å². The van der Waals surface area contributed by atoms with Gasteiger partial charge < -0.3 is 14.5 Å². The van der Waals surface area contributed by atoms with E-state index in [1.807, 2.05) is 0 Å². The largest absolute Gasteiger partial charge is 0.460 e. The second-order valence-corrected chi connectivity index (χ2v) is 4.06. The Kier molecular flexibility index (Phi) is 3.84. The lowest BCUT2D eigenvalue weighted by Gasteiger charge is -2.07. The molecular weight excluding hydrogens is 262 g/mol. The Morgan fingerprint density at radius 1 is 1.35 bits per heavy atom. The van der Waals surface area contributed by atoms with Crippen LogP contribution in [-0.2, 0) is 9.53 Å². The standard InChI is InChI=1S/C14H13NO5/c1-3-19-14(18)12-7-11(17)9-5-4-6-10(13(9)20-12)15-8(2)16/h4-7H,3H2,1-2H3,(H,15,16). The van der Waals surface area contributed by atoms with Crippen LogP contribution >= 0.6 is 0 Å². The van der Waals surface area contributed by atoms with Crippen LogP contribution in [0.15, 0.2) is 33.5 Å². The molecule has 2 aromatic rings. The van der Waals surface area contributed by atoms with Gasteiger partial charge >= 0.3 is 5.97 Å². The third kappa shape index (κ3) is 2.69. The van der Waals surface area contributed by atoms with Crippen LogP contribution < -0.4 is 10.7 Å². The first-order chi connectivity index (χ1) is 9.52. The van der Waals surface area contributed by atoms with Crippen LogP contribution in [0.4, 0.5) is 5.69 Å². The van der Waals surface area contributed by atoms with E-state index in [9.17, 15) is 14.4 Å². The van der Waals surface area contributed by atoms with E-state index in [1.165, 1.54) is 6.92 Å². The monoisotopic (exact) mass is 275 g/mol. The van der Waals surface area contributed by atoms with Crippen molar-refractivity contribution in [2.45, 2.75) is 13.8 Å². The lowest BCUT2D eigenvalue weighted by molar-refractivity contribution is -0.114. The highest BCUT2D eigenvalue weighted by molar-refractivity contribution is 5.99. The molecule has 1 aromatic heterocycles. The molecule has 0 aliphatic rings. The Bertz CT molecular complexity index is 732. The number of rotatable bonds is 3. The number of carbonyl (C=O) groups excluding carboxylic acids is 2. The topological polar surface area (TPSA) is 85.6 Å². The summed E-state index contributed by atoms with van der Waals surface area (Å²) >= 11 is 0. The fraction of sp³-hybridized carbons (Fsp3) is 0.214. The van der Waals surface area contributed by atoms with Gasteiger partial charge in [-0.3, -0.25) is 9.59 Å². The molecule has 0 radical (unpaired) electrons. The molecule has 0 aliphatic heterocycles. The molecule has 0 fully saturated rings. The van der Waals surface area contributed by atoms with E-state index in [0.29, 0.717) is 5.69 Å². The van der Waals surface area contributed by atoms with E-state index < -0.39 is 5.97 Å². The quantitative estimate of drug-likeness (QED) is 0.865. The number of fused-ring (bicyclic) bond motifs is 1. The number of para-hydroxylation sites is 1. The van der Waals surface area contributed by atoms with Gasteiger partial charge in [0.2, 0.25) is 11.7 Å². The molecule has 0 bridgehead atoms. The second-order valence-electron chi connectivity index (χ2n) is 4.06. The van der Waals surface area contributed by atoms with Crippen molar-refractivity contribution in [3.05, 3.63) is 40.2 Å². The van der Waals surface area contributed by atoms with E-state index >= 15 is 0 Å². The minimum Gasteiger partial charge on any atom is -0.460 e. The number of benzene rings is 1. The summed E-state index contributed by atoms with van der Waals surface area (Å²) in [6.07, 6.45) is 0. The van der Waals surface area contributed by atoms with Gasteiger partial charge in [0, 0.05) is 13.0 Å². The van der Waals surface area contributed by atoms with Gasteiger partial charge in [-0.05, 0) is 19.1 Å². The van der Waals surface area contributed by atoms with Crippen LogP contribution in [0.2, 0.25) is 0 Å². The first-order valence-electron chi connectivity index (χ1n) is 6.04. The molecule has 0 spiro atoms. The zero-order valence-electron chi connectivity index (χ0n) is 11.1. The van der Waals surface area contributed by atoms with E-state index in [4.69, 9.17) is 9.15 Å². The molecule has 0 aliphatic carbocycles. The van der Waals surface area contributed by atoms with Crippen LogP contribution in [0.1, 0.15) is 24.4 Å². The molecule has 0 saturated carbocycles. The molecule has 0 saturated heterocycles. The second kappa shape index (κ2) is 5.56. The first-order valence-corrected chi connectivity index (χ1v) is 6.04. The number of carbonyl (C=O) groups is 2. The van der Waals surface area contributed by atoms with E-state index in [2.05, 4.69) is 5.32 Å².